The molecule has 7 nitrogen and oxygen atoms in total. The molecule has 220 valence electrons. The third kappa shape index (κ3) is 4.87. The van der Waals surface area contributed by atoms with Gasteiger partial charge in [0.25, 0.3) is 0 Å². The van der Waals surface area contributed by atoms with E-state index in [0.29, 0.717) is 17.5 Å². The molecule has 0 saturated carbocycles. The molecule has 4 heterocycles. The molecule has 0 aliphatic rings. The van der Waals surface area contributed by atoms with Gasteiger partial charge in [0, 0.05) is 32.8 Å². The van der Waals surface area contributed by atoms with E-state index < -0.39 is 0 Å². The minimum Gasteiger partial charge on any atom is -0.454 e. The van der Waals surface area contributed by atoms with Crippen LogP contribution in [0.3, 0.4) is 0 Å². The Morgan fingerprint density at radius 1 is 0.404 bits per heavy atom. The van der Waals surface area contributed by atoms with Crippen LogP contribution in [0.15, 0.2) is 150 Å². The Hall–Kier alpha value is -6.60. The normalized spacial score (nSPS) is 11.4. The number of aromatic nitrogens is 6. The van der Waals surface area contributed by atoms with Gasteiger partial charge >= 0.3 is 0 Å². The lowest BCUT2D eigenvalue weighted by Crippen LogP contribution is -2.00. The van der Waals surface area contributed by atoms with E-state index in [1.165, 1.54) is 0 Å². The van der Waals surface area contributed by atoms with Crippen LogP contribution in [0.4, 0.5) is 0 Å². The molecule has 0 bridgehead atoms. The molecule has 0 amide bonds. The molecule has 0 spiro atoms. The number of nitrogens with zero attached hydrogens (tertiary/aromatic N) is 6. The van der Waals surface area contributed by atoms with Crippen LogP contribution < -0.4 is 0 Å². The van der Waals surface area contributed by atoms with Crippen molar-refractivity contribution >= 4 is 32.8 Å². The molecule has 0 radical (unpaired) electrons. The quantitative estimate of drug-likeness (QED) is 0.193. The first-order chi connectivity index (χ1) is 23.3. The van der Waals surface area contributed by atoms with E-state index in [4.69, 9.17) is 24.4 Å². The van der Waals surface area contributed by atoms with Gasteiger partial charge in [0.1, 0.15) is 11.9 Å². The van der Waals surface area contributed by atoms with Crippen LogP contribution in [0.2, 0.25) is 0 Å². The zero-order valence-corrected chi connectivity index (χ0v) is 24.9. The van der Waals surface area contributed by atoms with Crippen LogP contribution >= 0.6 is 0 Å². The van der Waals surface area contributed by atoms with Gasteiger partial charge in [-0.2, -0.15) is 0 Å². The molecule has 9 rings (SSSR count). The van der Waals surface area contributed by atoms with Gasteiger partial charge in [0.2, 0.25) is 0 Å². The van der Waals surface area contributed by atoms with Crippen LogP contribution in [-0.2, 0) is 0 Å². The van der Waals surface area contributed by atoms with Crippen LogP contribution in [0.1, 0.15) is 0 Å². The van der Waals surface area contributed by atoms with Crippen molar-refractivity contribution in [2.45, 2.75) is 0 Å². The summed E-state index contributed by atoms with van der Waals surface area (Å²) in [5.74, 6) is 1.89. The molecule has 0 fully saturated rings. The predicted molar refractivity (Wildman–Crippen MR) is 185 cm³/mol. The van der Waals surface area contributed by atoms with Crippen LogP contribution in [0, 0.1) is 0 Å². The molecule has 4 aromatic heterocycles. The summed E-state index contributed by atoms with van der Waals surface area (Å²) in [5, 5.41) is 2.98. The lowest BCUT2D eigenvalue weighted by molar-refractivity contribution is 0.667. The van der Waals surface area contributed by atoms with Gasteiger partial charge in [0.05, 0.1) is 23.1 Å². The number of para-hydroxylation sites is 1. The maximum Gasteiger partial charge on any atom is 0.164 e. The summed E-state index contributed by atoms with van der Waals surface area (Å²) >= 11 is 0. The fraction of sp³-hybridized carbons (Fsp3) is 0. The van der Waals surface area contributed by atoms with E-state index in [-0.39, 0.29) is 0 Å². The molecular formula is C40H24N6O. The zero-order valence-electron chi connectivity index (χ0n) is 24.9. The first-order valence-corrected chi connectivity index (χ1v) is 15.3. The summed E-state index contributed by atoms with van der Waals surface area (Å²) < 4.78 is 6.00. The molecule has 0 atom stereocenters. The largest absolute Gasteiger partial charge is 0.454 e. The summed E-state index contributed by atoms with van der Waals surface area (Å²) in [6, 6.07) is 44.6. The third-order valence-corrected chi connectivity index (χ3v) is 8.32. The third-order valence-electron chi connectivity index (χ3n) is 8.32. The van der Waals surface area contributed by atoms with E-state index in [1.807, 2.05) is 91.0 Å². The maximum atomic E-state index is 6.00. The number of pyridine rings is 1. The van der Waals surface area contributed by atoms with Crippen molar-refractivity contribution < 1.29 is 4.42 Å². The molecule has 0 saturated heterocycles. The highest BCUT2D eigenvalue weighted by molar-refractivity contribution is 6.06. The number of furan rings is 1. The molecule has 9 aromatic rings. The molecule has 0 aliphatic carbocycles. The highest BCUT2D eigenvalue weighted by atomic mass is 16.3. The smallest absolute Gasteiger partial charge is 0.164 e. The van der Waals surface area contributed by atoms with E-state index in [1.54, 1.807) is 12.5 Å². The van der Waals surface area contributed by atoms with E-state index >= 15 is 0 Å². The minimum absolute atomic E-state index is 0.617. The fourth-order valence-electron chi connectivity index (χ4n) is 5.95. The Labute approximate surface area is 269 Å². The monoisotopic (exact) mass is 604 g/mol. The first-order valence-electron chi connectivity index (χ1n) is 15.3. The van der Waals surface area contributed by atoms with Crippen molar-refractivity contribution in [2.75, 3.05) is 0 Å². The minimum atomic E-state index is 0.617. The second-order valence-corrected chi connectivity index (χ2v) is 11.2. The van der Waals surface area contributed by atoms with Gasteiger partial charge in [-0.05, 0) is 35.4 Å². The lowest BCUT2D eigenvalue weighted by atomic mass is 10.00. The van der Waals surface area contributed by atoms with Crippen molar-refractivity contribution in [3.8, 4) is 56.7 Å². The highest BCUT2D eigenvalue weighted by Gasteiger charge is 2.15. The molecular weight excluding hydrogens is 580 g/mol. The Bertz CT molecular complexity index is 2510. The molecule has 0 unspecified atom stereocenters. The number of hydrogen-bond acceptors (Lipinski definition) is 7. The fourth-order valence-corrected chi connectivity index (χ4v) is 5.95. The summed E-state index contributed by atoms with van der Waals surface area (Å²) in [4.78, 5) is 28.5. The summed E-state index contributed by atoms with van der Waals surface area (Å²) in [5.41, 5.74) is 8.85. The topological polar surface area (TPSA) is 90.5 Å². The second-order valence-electron chi connectivity index (χ2n) is 11.2. The molecule has 47 heavy (non-hydrogen) atoms. The Balaban J connectivity index is 1.10. The average Bonchev–Trinajstić information content (AvgIpc) is 3.53. The highest BCUT2D eigenvalue weighted by Crippen LogP contribution is 2.34. The van der Waals surface area contributed by atoms with Crippen molar-refractivity contribution in [1.29, 1.82) is 0 Å². The Morgan fingerprint density at radius 3 is 1.70 bits per heavy atom. The van der Waals surface area contributed by atoms with Gasteiger partial charge < -0.3 is 4.42 Å². The van der Waals surface area contributed by atoms with Crippen molar-refractivity contribution in [1.82, 2.24) is 29.9 Å². The number of fused-ring (bicyclic) bond motifs is 4. The first kappa shape index (κ1) is 26.8. The SMILES string of the molecule is c1ccc(-c2nc(-c3ccccc3)nc(-c3ccc(-c4ccc5ncnc(-c6cc7c(cn6)oc6ccccc67)c5c4)cc3)n2)cc1. The maximum absolute atomic E-state index is 6.00. The molecule has 5 aromatic carbocycles. The standard InChI is InChI=1S/C40H24N6O/c1-3-9-26(10-4-1)38-44-39(27-11-5-2-6-12-27)46-40(45-38)28-17-15-25(16-18-28)29-19-20-33-32(21-29)37(43-24-42-33)34-22-31-30-13-7-8-14-35(30)47-36(31)23-41-34/h1-24H. The molecule has 0 aliphatic heterocycles. The van der Waals surface area contributed by atoms with Gasteiger partial charge in [-0.15, -0.1) is 0 Å². The van der Waals surface area contributed by atoms with E-state index in [2.05, 4.69) is 52.4 Å². The molecule has 7 heteroatoms. The number of hydrogen-bond donors (Lipinski definition) is 0. The Kier molecular flexibility index (Phi) is 6.31. The summed E-state index contributed by atoms with van der Waals surface area (Å²) in [7, 11) is 0. The van der Waals surface area contributed by atoms with Gasteiger partial charge in [-0.25, -0.2) is 24.9 Å². The second kappa shape index (κ2) is 11.1. The van der Waals surface area contributed by atoms with Crippen LogP contribution in [-0.4, -0.2) is 29.9 Å². The average molecular weight is 605 g/mol. The van der Waals surface area contributed by atoms with E-state index in [9.17, 15) is 0 Å². The van der Waals surface area contributed by atoms with Crippen molar-refractivity contribution in [3.05, 3.63) is 146 Å². The van der Waals surface area contributed by atoms with Gasteiger partial charge in [0.15, 0.2) is 23.1 Å². The predicted octanol–water partition coefficient (Wildman–Crippen LogP) is 9.44. The van der Waals surface area contributed by atoms with Crippen molar-refractivity contribution in [2.24, 2.45) is 0 Å². The van der Waals surface area contributed by atoms with Crippen LogP contribution in [0.5, 0.6) is 0 Å². The Morgan fingerprint density at radius 2 is 1.00 bits per heavy atom. The van der Waals surface area contributed by atoms with Crippen molar-refractivity contribution in [3.63, 3.8) is 0 Å². The zero-order chi connectivity index (χ0) is 31.2. The van der Waals surface area contributed by atoms with Crippen LogP contribution in [0.25, 0.3) is 89.5 Å². The summed E-state index contributed by atoms with van der Waals surface area (Å²) in [6.45, 7) is 0. The lowest BCUT2D eigenvalue weighted by Gasteiger charge is -2.10. The number of benzene rings is 5. The van der Waals surface area contributed by atoms with Gasteiger partial charge in [-0.1, -0.05) is 109 Å². The van der Waals surface area contributed by atoms with Gasteiger partial charge in [-0.3, -0.25) is 4.98 Å². The summed E-state index contributed by atoms with van der Waals surface area (Å²) in [6.07, 6.45) is 3.36. The molecule has 0 N–H and O–H groups in total. The number of rotatable bonds is 5. The van der Waals surface area contributed by atoms with E-state index in [0.717, 1.165) is 72.0 Å².